The highest BCUT2D eigenvalue weighted by Gasteiger charge is 2.12. The molecule has 1 amide bonds. The van der Waals surface area contributed by atoms with Gasteiger partial charge in [-0.1, -0.05) is 29.8 Å². The lowest BCUT2D eigenvalue weighted by Gasteiger charge is -2.15. The number of aromatic nitrogens is 3. The van der Waals surface area contributed by atoms with Crippen molar-refractivity contribution in [2.24, 2.45) is 0 Å². The Morgan fingerprint density at radius 1 is 1.44 bits per heavy atom. The second kappa shape index (κ2) is 5.64. The van der Waals surface area contributed by atoms with Crippen molar-refractivity contribution in [2.75, 3.05) is 7.05 Å². The van der Waals surface area contributed by atoms with Gasteiger partial charge in [-0.3, -0.25) is 9.89 Å². The molecule has 0 atom stereocenters. The Labute approximate surface area is 110 Å². The Bertz CT molecular complexity index is 527. The van der Waals surface area contributed by atoms with Crippen LogP contribution in [0.5, 0.6) is 0 Å². The third-order valence-electron chi connectivity index (χ3n) is 2.58. The summed E-state index contributed by atoms with van der Waals surface area (Å²) in [6.07, 6.45) is 1.70. The van der Waals surface area contributed by atoms with Gasteiger partial charge in [-0.15, -0.1) is 0 Å². The summed E-state index contributed by atoms with van der Waals surface area (Å²) in [5, 5.41) is 7.06. The number of halogens is 1. The van der Waals surface area contributed by atoms with Gasteiger partial charge in [0.25, 0.3) is 0 Å². The van der Waals surface area contributed by atoms with E-state index in [9.17, 15) is 4.79 Å². The van der Waals surface area contributed by atoms with Gasteiger partial charge in [0.05, 0.1) is 13.0 Å². The Hall–Kier alpha value is -1.88. The third kappa shape index (κ3) is 3.07. The van der Waals surface area contributed by atoms with Gasteiger partial charge in [0.15, 0.2) is 0 Å². The van der Waals surface area contributed by atoms with Crippen LogP contribution in [0.1, 0.15) is 11.4 Å². The number of likely N-dealkylation sites (N-methyl/N-ethyl adjacent to an activating group) is 1. The lowest BCUT2D eigenvalue weighted by Crippen LogP contribution is -2.28. The Morgan fingerprint density at radius 2 is 2.22 bits per heavy atom. The monoisotopic (exact) mass is 264 g/mol. The molecule has 94 valence electrons. The minimum absolute atomic E-state index is 0.0144. The van der Waals surface area contributed by atoms with Gasteiger partial charge in [0.1, 0.15) is 12.2 Å². The molecule has 0 fully saturated rings. The Balaban J connectivity index is 1.98. The quantitative estimate of drug-likeness (QED) is 0.914. The molecule has 0 unspecified atom stereocenters. The van der Waals surface area contributed by atoms with Gasteiger partial charge >= 0.3 is 0 Å². The molecule has 0 aliphatic carbocycles. The smallest absolute Gasteiger partial charge is 0.227 e. The zero-order chi connectivity index (χ0) is 13.0. The second-order valence-electron chi connectivity index (χ2n) is 3.95. The number of carbonyl (C=O) groups is 1. The fraction of sp³-hybridized carbons (Fsp3) is 0.250. The van der Waals surface area contributed by atoms with Crippen LogP contribution in [0.3, 0.4) is 0 Å². The molecule has 1 aromatic heterocycles. The summed E-state index contributed by atoms with van der Waals surface area (Å²) in [6, 6.07) is 7.34. The third-order valence-corrected chi connectivity index (χ3v) is 2.95. The van der Waals surface area contributed by atoms with Gasteiger partial charge in [-0.25, -0.2) is 4.98 Å². The predicted octanol–water partition coefficient (Wildman–Crippen LogP) is 1.66. The first-order valence-electron chi connectivity index (χ1n) is 5.48. The van der Waals surface area contributed by atoms with Crippen molar-refractivity contribution in [1.29, 1.82) is 0 Å². The summed E-state index contributed by atoms with van der Waals surface area (Å²) in [5.74, 6) is 0.643. The van der Waals surface area contributed by atoms with Crippen molar-refractivity contribution >= 4 is 17.5 Å². The highest BCUT2D eigenvalue weighted by Crippen LogP contribution is 2.16. The molecule has 0 radical (unpaired) electrons. The van der Waals surface area contributed by atoms with Crippen LogP contribution in [-0.2, 0) is 17.8 Å². The van der Waals surface area contributed by atoms with Crippen LogP contribution >= 0.6 is 11.6 Å². The lowest BCUT2D eigenvalue weighted by atomic mass is 10.1. The first-order chi connectivity index (χ1) is 8.66. The maximum atomic E-state index is 12.0. The highest BCUT2D eigenvalue weighted by molar-refractivity contribution is 6.31. The van der Waals surface area contributed by atoms with Crippen molar-refractivity contribution < 1.29 is 4.79 Å². The maximum Gasteiger partial charge on any atom is 0.227 e. The first-order valence-corrected chi connectivity index (χ1v) is 5.86. The molecule has 1 N–H and O–H groups in total. The van der Waals surface area contributed by atoms with E-state index in [1.807, 2.05) is 18.2 Å². The molecule has 0 saturated heterocycles. The van der Waals surface area contributed by atoms with E-state index in [-0.39, 0.29) is 12.3 Å². The lowest BCUT2D eigenvalue weighted by molar-refractivity contribution is -0.129. The molecule has 0 spiro atoms. The average molecular weight is 265 g/mol. The molecule has 6 heteroatoms. The fourth-order valence-corrected chi connectivity index (χ4v) is 1.76. The molecule has 5 nitrogen and oxygen atoms in total. The molecule has 1 heterocycles. The normalized spacial score (nSPS) is 10.3. The summed E-state index contributed by atoms with van der Waals surface area (Å²) in [4.78, 5) is 17.6. The number of aromatic amines is 1. The van der Waals surface area contributed by atoms with Crippen LogP contribution in [0.4, 0.5) is 0 Å². The van der Waals surface area contributed by atoms with Gasteiger partial charge in [-0.05, 0) is 11.6 Å². The van der Waals surface area contributed by atoms with E-state index in [0.29, 0.717) is 17.4 Å². The topological polar surface area (TPSA) is 61.9 Å². The van der Waals surface area contributed by atoms with E-state index < -0.39 is 0 Å². The number of hydrogen-bond donors (Lipinski definition) is 1. The fourth-order valence-electron chi connectivity index (χ4n) is 1.56. The summed E-state index contributed by atoms with van der Waals surface area (Å²) < 4.78 is 0. The number of amides is 1. The largest absolute Gasteiger partial charge is 0.338 e. The number of hydrogen-bond acceptors (Lipinski definition) is 3. The first kappa shape index (κ1) is 12.6. The molecule has 18 heavy (non-hydrogen) atoms. The van der Waals surface area contributed by atoms with Crippen LogP contribution in [0.2, 0.25) is 5.02 Å². The predicted molar refractivity (Wildman–Crippen MR) is 68.0 cm³/mol. The zero-order valence-corrected chi connectivity index (χ0v) is 10.7. The van der Waals surface area contributed by atoms with E-state index in [2.05, 4.69) is 15.2 Å². The average Bonchev–Trinajstić information content (AvgIpc) is 2.84. The van der Waals surface area contributed by atoms with Crippen LogP contribution < -0.4 is 0 Å². The molecular weight excluding hydrogens is 252 g/mol. The van der Waals surface area contributed by atoms with Gasteiger partial charge in [-0.2, -0.15) is 5.10 Å². The highest BCUT2D eigenvalue weighted by atomic mass is 35.5. The van der Waals surface area contributed by atoms with Crippen molar-refractivity contribution in [3.8, 4) is 0 Å². The van der Waals surface area contributed by atoms with Gasteiger partial charge in [0.2, 0.25) is 5.91 Å². The molecule has 0 aliphatic rings. The summed E-state index contributed by atoms with van der Waals surface area (Å²) in [6.45, 7) is 0.406. The number of benzene rings is 1. The van der Waals surface area contributed by atoms with E-state index in [4.69, 9.17) is 11.6 Å². The summed E-state index contributed by atoms with van der Waals surface area (Å²) in [5.41, 5.74) is 0.827. The van der Waals surface area contributed by atoms with E-state index >= 15 is 0 Å². The summed E-state index contributed by atoms with van der Waals surface area (Å²) >= 11 is 6.02. The Kier molecular flexibility index (Phi) is 3.94. The zero-order valence-electron chi connectivity index (χ0n) is 9.93. The molecule has 0 bridgehead atoms. The molecule has 0 aliphatic heterocycles. The van der Waals surface area contributed by atoms with Crippen LogP contribution in [0, 0.1) is 0 Å². The minimum atomic E-state index is -0.0144. The van der Waals surface area contributed by atoms with Crippen LogP contribution in [0.15, 0.2) is 30.6 Å². The molecular formula is C12H13ClN4O. The SMILES string of the molecule is CN(Cc1ncn[nH]1)C(=O)Cc1ccccc1Cl. The van der Waals surface area contributed by atoms with Crippen LogP contribution in [0.25, 0.3) is 0 Å². The van der Waals surface area contributed by atoms with Crippen LogP contribution in [-0.4, -0.2) is 33.0 Å². The molecule has 0 saturated carbocycles. The second-order valence-corrected chi connectivity index (χ2v) is 4.36. The number of nitrogens with one attached hydrogen (secondary N) is 1. The standard InChI is InChI=1S/C12H13ClN4O/c1-17(7-11-14-8-15-16-11)12(18)6-9-4-2-3-5-10(9)13/h2-5,8H,6-7H2,1H3,(H,14,15,16). The molecule has 1 aromatic carbocycles. The van der Waals surface area contributed by atoms with E-state index in [1.54, 1.807) is 18.0 Å². The number of carbonyl (C=O) groups excluding carboxylic acids is 1. The number of H-pyrrole nitrogens is 1. The van der Waals surface area contributed by atoms with Gasteiger partial charge in [0, 0.05) is 12.1 Å². The Morgan fingerprint density at radius 3 is 2.89 bits per heavy atom. The minimum Gasteiger partial charge on any atom is -0.338 e. The maximum absolute atomic E-state index is 12.0. The van der Waals surface area contributed by atoms with Crippen molar-refractivity contribution in [2.45, 2.75) is 13.0 Å². The number of rotatable bonds is 4. The number of nitrogens with zero attached hydrogens (tertiary/aromatic N) is 3. The van der Waals surface area contributed by atoms with E-state index in [0.717, 1.165) is 5.56 Å². The van der Waals surface area contributed by atoms with Crippen molar-refractivity contribution in [1.82, 2.24) is 20.1 Å². The van der Waals surface area contributed by atoms with Crippen molar-refractivity contribution in [3.05, 3.63) is 47.0 Å². The van der Waals surface area contributed by atoms with Crippen molar-refractivity contribution in [3.63, 3.8) is 0 Å². The molecule has 2 aromatic rings. The van der Waals surface area contributed by atoms with Gasteiger partial charge < -0.3 is 4.90 Å². The molecule has 2 rings (SSSR count). The summed E-state index contributed by atoms with van der Waals surface area (Å²) in [7, 11) is 1.72. The van der Waals surface area contributed by atoms with E-state index in [1.165, 1.54) is 6.33 Å².